The average Bonchev–Trinajstić information content (AvgIpc) is 2.26. The number of carbonyl (C=O) groups excluding carboxylic acids is 1. The second kappa shape index (κ2) is 5.79. The van der Waals surface area contributed by atoms with Crippen LogP contribution in [0.15, 0.2) is 17.0 Å². The molecule has 0 heterocycles. The van der Waals surface area contributed by atoms with Gasteiger partial charge in [-0.3, -0.25) is 4.79 Å². The van der Waals surface area contributed by atoms with Crippen molar-refractivity contribution in [1.29, 1.82) is 0 Å². The number of benzene rings is 1. The van der Waals surface area contributed by atoms with Crippen molar-refractivity contribution in [2.24, 2.45) is 0 Å². The number of aryl methyl sites for hydroxylation is 1. The molecule has 0 aliphatic carbocycles. The Bertz CT molecular complexity index is 644. The first-order chi connectivity index (χ1) is 8.92. The molecular weight excluding hydrogens is 342 g/mol. The van der Waals surface area contributed by atoms with Crippen molar-refractivity contribution >= 4 is 37.2 Å². The van der Waals surface area contributed by atoms with E-state index in [4.69, 9.17) is 22.3 Å². The summed E-state index contributed by atoms with van der Waals surface area (Å²) in [6, 6.07) is 1.99. The highest BCUT2D eigenvalue weighted by Gasteiger charge is 2.28. The molecule has 4 nitrogen and oxygen atoms in total. The second-order valence-electron chi connectivity index (χ2n) is 3.84. The van der Waals surface area contributed by atoms with Gasteiger partial charge in [0.1, 0.15) is 11.4 Å². The Hall–Kier alpha value is -0.990. The summed E-state index contributed by atoms with van der Waals surface area (Å²) in [5.74, 6) is -1.08. The van der Waals surface area contributed by atoms with Crippen LogP contribution in [0.3, 0.4) is 0 Å². The van der Waals surface area contributed by atoms with Crippen molar-refractivity contribution in [3.05, 3.63) is 28.3 Å². The van der Waals surface area contributed by atoms with Crippen molar-refractivity contribution < 1.29 is 26.4 Å². The van der Waals surface area contributed by atoms with E-state index in [1.807, 2.05) is 0 Å². The summed E-state index contributed by atoms with van der Waals surface area (Å²) >= 11 is 5.73. The number of halogens is 5. The average molecular weight is 350 g/mol. The fraction of sp³-hybridized carbons (Fsp3) is 0.300. The molecule has 20 heavy (non-hydrogen) atoms. The molecule has 1 rings (SSSR count). The number of hydrogen-bond donors (Lipinski definition) is 1. The molecule has 0 saturated carbocycles. The third-order valence-corrected chi connectivity index (χ3v) is 4.16. The number of carbonyl (C=O) groups is 1. The lowest BCUT2D eigenvalue weighted by Crippen LogP contribution is -2.33. The number of rotatable bonds is 3. The monoisotopic (exact) mass is 349 g/mol. The van der Waals surface area contributed by atoms with E-state index >= 15 is 0 Å². The summed E-state index contributed by atoms with van der Waals surface area (Å²) in [4.78, 5) is 11.0. The highest BCUT2D eigenvalue weighted by atomic mass is 35.7. The quantitative estimate of drug-likeness (QED) is 0.853. The molecule has 112 valence electrons. The topological polar surface area (TPSA) is 63.2 Å². The lowest BCUT2D eigenvalue weighted by Gasteiger charge is -2.11. The van der Waals surface area contributed by atoms with Gasteiger partial charge in [0.15, 0.2) is 0 Å². The van der Waals surface area contributed by atoms with Crippen molar-refractivity contribution in [3.63, 3.8) is 0 Å². The zero-order valence-electron chi connectivity index (χ0n) is 9.88. The van der Waals surface area contributed by atoms with Crippen LogP contribution in [0.2, 0.25) is 5.02 Å². The molecule has 0 aliphatic heterocycles. The minimum Gasteiger partial charge on any atom is -0.343 e. The van der Waals surface area contributed by atoms with Gasteiger partial charge in [0, 0.05) is 16.2 Å². The van der Waals surface area contributed by atoms with Crippen LogP contribution in [-0.2, 0) is 9.05 Å². The molecule has 1 aromatic carbocycles. The maximum absolute atomic E-state index is 12.0. The normalized spacial score (nSPS) is 12.3. The maximum atomic E-state index is 12.0. The van der Waals surface area contributed by atoms with E-state index in [1.165, 1.54) is 13.0 Å². The molecule has 0 radical (unpaired) electrons. The van der Waals surface area contributed by atoms with Crippen LogP contribution in [0.25, 0.3) is 0 Å². The summed E-state index contributed by atoms with van der Waals surface area (Å²) < 4.78 is 58.5. The molecule has 0 aromatic heterocycles. The van der Waals surface area contributed by atoms with Crippen LogP contribution in [0.4, 0.5) is 13.2 Å². The standard InChI is InChI=1S/C10H8Cl2F3NO3S/c1-5-2-6(9(17)16-4-10(13,14)15)3-7(8(5)11)20(12,18)19/h2-3H,4H2,1H3,(H,16,17). The first-order valence-electron chi connectivity index (χ1n) is 5.01. The molecule has 0 bridgehead atoms. The van der Waals surface area contributed by atoms with E-state index in [0.717, 1.165) is 6.07 Å². The third-order valence-electron chi connectivity index (χ3n) is 2.20. The summed E-state index contributed by atoms with van der Waals surface area (Å²) in [6.45, 7) is -0.134. The van der Waals surface area contributed by atoms with E-state index in [2.05, 4.69) is 0 Å². The lowest BCUT2D eigenvalue weighted by molar-refractivity contribution is -0.123. The van der Waals surface area contributed by atoms with Gasteiger partial charge < -0.3 is 5.32 Å². The first kappa shape index (κ1) is 17.1. The van der Waals surface area contributed by atoms with Gasteiger partial charge in [0.2, 0.25) is 0 Å². The van der Waals surface area contributed by atoms with Crippen molar-refractivity contribution in [3.8, 4) is 0 Å². The van der Waals surface area contributed by atoms with Gasteiger partial charge in [-0.1, -0.05) is 11.6 Å². The van der Waals surface area contributed by atoms with Crippen LogP contribution in [0.1, 0.15) is 15.9 Å². The van der Waals surface area contributed by atoms with Crippen LogP contribution in [-0.4, -0.2) is 27.0 Å². The fourth-order valence-corrected chi connectivity index (χ4v) is 2.87. The molecule has 0 spiro atoms. The summed E-state index contributed by atoms with van der Waals surface area (Å²) in [5, 5.41) is 1.43. The SMILES string of the molecule is Cc1cc(C(=O)NCC(F)(F)F)cc(S(=O)(=O)Cl)c1Cl. The Labute approximate surface area is 122 Å². The fourth-order valence-electron chi connectivity index (χ4n) is 1.33. The van der Waals surface area contributed by atoms with E-state index in [9.17, 15) is 26.4 Å². The van der Waals surface area contributed by atoms with Gasteiger partial charge in [-0.15, -0.1) is 0 Å². The number of nitrogens with one attached hydrogen (secondary N) is 1. The smallest absolute Gasteiger partial charge is 0.343 e. The number of alkyl halides is 3. The molecule has 0 aliphatic rings. The van der Waals surface area contributed by atoms with Gasteiger partial charge in [0.25, 0.3) is 15.0 Å². The second-order valence-corrected chi connectivity index (χ2v) is 6.75. The van der Waals surface area contributed by atoms with Crippen LogP contribution in [0.5, 0.6) is 0 Å². The molecule has 1 amide bonds. The van der Waals surface area contributed by atoms with Crippen molar-refractivity contribution in [2.45, 2.75) is 18.0 Å². The highest BCUT2D eigenvalue weighted by molar-refractivity contribution is 8.13. The van der Waals surface area contributed by atoms with Crippen LogP contribution in [0, 0.1) is 6.92 Å². The Morgan fingerprint density at radius 2 is 1.90 bits per heavy atom. The van der Waals surface area contributed by atoms with E-state index in [-0.39, 0.29) is 16.1 Å². The molecular formula is C10H8Cl2F3NO3S. The Kier molecular flexibility index (Phi) is 4.94. The lowest BCUT2D eigenvalue weighted by atomic mass is 10.1. The molecule has 0 fully saturated rings. The summed E-state index contributed by atoms with van der Waals surface area (Å²) in [5.41, 5.74) is -0.0825. The maximum Gasteiger partial charge on any atom is 0.405 e. The van der Waals surface area contributed by atoms with Gasteiger partial charge in [-0.2, -0.15) is 13.2 Å². The summed E-state index contributed by atoms with van der Waals surface area (Å²) in [7, 11) is 0.921. The molecule has 1 aromatic rings. The Morgan fingerprint density at radius 1 is 1.35 bits per heavy atom. The third kappa shape index (κ3) is 4.53. The molecule has 10 heteroatoms. The molecule has 1 N–H and O–H groups in total. The van der Waals surface area contributed by atoms with Gasteiger partial charge >= 0.3 is 6.18 Å². The predicted octanol–water partition coefficient (Wildman–Crippen LogP) is 2.87. The van der Waals surface area contributed by atoms with E-state index < -0.39 is 32.6 Å². The minimum absolute atomic E-state index is 0.188. The highest BCUT2D eigenvalue weighted by Crippen LogP contribution is 2.29. The zero-order chi connectivity index (χ0) is 15.7. The van der Waals surface area contributed by atoms with Crippen molar-refractivity contribution in [2.75, 3.05) is 6.54 Å². The molecule has 0 atom stereocenters. The van der Waals surface area contributed by atoms with Gasteiger partial charge in [-0.05, 0) is 24.6 Å². The zero-order valence-corrected chi connectivity index (χ0v) is 12.2. The number of amides is 1. The predicted molar refractivity (Wildman–Crippen MR) is 67.6 cm³/mol. The van der Waals surface area contributed by atoms with Crippen molar-refractivity contribution in [1.82, 2.24) is 5.32 Å². The minimum atomic E-state index is -4.57. The van der Waals surface area contributed by atoms with Crippen LogP contribution < -0.4 is 5.32 Å². The van der Waals surface area contributed by atoms with Crippen LogP contribution >= 0.6 is 22.3 Å². The summed E-state index contributed by atoms with van der Waals surface area (Å²) in [6.07, 6.45) is -4.57. The van der Waals surface area contributed by atoms with Gasteiger partial charge in [0.05, 0.1) is 5.02 Å². The number of hydrogen-bond acceptors (Lipinski definition) is 3. The van der Waals surface area contributed by atoms with E-state index in [0.29, 0.717) is 0 Å². The van der Waals surface area contributed by atoms with E-state index in [1.54, 1.807) is 5.32 Å². The van der Waals surface area contributed by atoms with Gasteiger partial charge in [-0.25, -0.2) is 8.42 Å². The molecule has 0 saturated heterocycles. The largest absolute Gasteiger partial charge is 0.405 e. The first-order valence-corrected chi connectivity index (χ1v) is 7.70. The Balaban J connectivity index is 3.15. The molecule has 0 unspecified atom stereocenters. The Morgan fingerprint density at radius 3 is 2.35 bits per heavy atom.